The average molecular weight is 411 g/mol. The summed E-state index contributed by atoms with van der Waals surface area (Å²) >= 11 is 6.17. The standard InChI is InChI=1S/C16H23ClN2O4S.ClH/c17-12-8-14-15(23-7-6-22-14)9-16(12)24(20,21)19-13(10-18)11-4-2-1-3-5-11;/h8-9,11,13,19H,1-7,10,18H2;1H. The fourth-order valence-electron chi connectivity index (χ4n) is 3.39. The molecule has 0 amide bonds. The van der Waals surface area contributed by atoms with Crippen LogP contribution >= 0.6 is 24.0 Å². The molecular formula is C16H24Cl2N2O4S. The van der Waals surface area contributed by atoms with E-state index in [1.165, 1.54) is 18.6 Å². The molecule has 0 spiro atoms. The maximum atomic E-state index is 12.8. The van der Waals surface area contributed by atoms with Gasteiger partial charge in [-0.1, -0.05) is 30.9 Å². The van der Waals surface area contributed by atoms with Crippen LogP contribution in [-0.2, 0) is 10.0 Å². The fourth-order valence-corrected chi connectivity index (χ4v) is 5.24. The van der Waals surface area contributed by atoms with Crippen molar-refractivity contribution in [2.45, 2.75) is 43.0 Å². The SMILES string of the molecule is Cl.NCC(NS(=O)(=O)c1cc2c(cc1Cl)OCCO2)C1CCCCC1. The molecule has 2 aliphatic rings. The lowest BCUT2D eigenvalue weighted by atomic mass is 9.84. The molecule has 1 aliphatic heterocycles. The molecule has 0 radical (unpaired) electrons. The van der Waals surface area contributed by atoms with Gasteiger partial charge in [-0.3, -0.25) is 0 Å². The summed E-state index contributed by atoms with van der Waals surface area (Å²) in [6.45, 7) is 1.08. The molecule has 25 heavy (non-hydrogen) atoms. The molecule has 1 fully saturated rings. The Labute approximate surface area is 159 Å². The highest BCUT2D eigenvalue weighted by Crippen LogP contribution is 2.37. The van der Waals surface area contributed by atoms with Crippen molar-refractivity contribution in [1.82, 2.24) is 4.72 Å². The van der Waals surface area contributed by atoms with Crippen LogP contribution in [-0.4, -0.2) is 34.2 Å². The van der Waals surface area contributed by atoms with Crippen LogP contribution in [0.4, 0.5) is 0 Å². The van der Waals surface area contributed by atoms with Crippen molar-refractivity contribution in [2.24, 2.45) is 11.7 Å². The van der Waals surface area contributed by atoms with E-state index in [-0.39, 0.29) is 40.8 Å². The number of sulfonamides is 1. The molecule has 9 heteroatoms. The third-order valence-corrected chi connectivity index (χ3v) is 6.62. The van der Waals surface area contributed by atoms with Crippen molar-refractivity contribution in [3.8, 4) is 11.5 Å². The summed E-state index contributed by atoms with van der Waals surface area (Å²) in [7, 11) is -3.78. The summed E-state index contributed by atoms with van der Waals surface area (Å²) in [5, 5.41) is 0.117. The smallest absolute Gasteiger partial charge is 0.242 e. The van der Waals surface area contributed by atoms with Crippen molar-refractivity contribution < 1.29 is 17.9 Å². The van der Waals surface area contributed by atoms with E-state index in [0.29, 0.717) is 24.7 Å². The topological polar surface area (TPSA) is 90.7 Å². The van der Waals surface area contributed by atoms with E-state index >= 15 is 0 Å². The number of nitrogens with two attached hydrogens (primary N) is 1. The summed E-state index contributed by atoms with van der Waals surface area (Å²) in [5.41, 5.74) is 5.83. The third kappa shape index (κ3) is 4.71. The molecule has 3 N–H and O–H groups in total. The van der Waals surface area contributed by atoms with E-state index in [1.807, 2.05) is 0 Å². The minimum atomic E-state index is -3.78. The van der Waals surface area contributed by atoms with Gasteiger partial charge >= 0.3 is 0 Å². The van der Waals surface area contributed by atoms with Crippen LogP contribution in [0.5, 0.6) is 11.5 Å². The number of nitrogens with one attached hydrogen (secondary N) is 1. The second-order valence-corrected chi connectivity index (χ2v) is 8.38. The molecule has 1 unspecified atom stereocenters. The van der Waals surface area contributed by atoms with Crippen LogP contribution in [0.1, 0.15) is 32.1 Å². The zero-order valence-electron chi connectivity index (χ0n) is 13.9. The van der Waals surface area contributed by atoms with Crippen LogP contribution in [0.2, 0.25) is 5.02 Å². The van der Waals surface area contributed by atoms with Gasteiger partial charge in [-0.2, -0.15) is 0 Å². The van der Waals surface area contributed by atoms with Crippen LogP contribution in [0.15, 0.2) is 17.0 Å². The molecule has 142 valence electrons. The number of rotatable bonds is 5. The fraction of sp³-hybridized carbons (Fsp3) is 0.625. The van der Waals surface area contributed by atoms with Gasteiger partial charge in [0.2, 0.25) is 10.0 Å². The molecule has 1 aromatic carbocycles. The maximum Gasteiger partial charge on any atom is 0.242 e. The Morgan fingerprint density at radius 1 is 1.16 bits per heavy atom. The average Bonchev–Trinajstić information content (AvgIpc) is 2.59. The van der Waals surface area contributed by atoms with Gasteiger partial charge in [0.1, 0.15) is 18.1 Å². The summed E-state index contributed by atoms with van der Waals surface area (Å²) in [4.78, 5) is 0.00248. The number of fused-ring (bicyclic) bond motifs is 1. The van der Waals surface area contributed by atoms with Crippen LogP contribution < -0.4 is 19.9 Å². The van der Waals surface area contributed by atoms with E-state index in [2.05, 4.69) is 4.72 Å². The van der Waals surface area contributed by atoms with Gasteiger partial charge in [0.15, 0.2) is 11.5 Å². The maximum absolute atomic E-state index is 12.8. The van der Waals surface area contributed by atoms with Crippen LogP contribution in [0.25, 0.3) is 0 Å². The van der Waals surface area contributed by atoms with Gasteiger partial charge in [-0.05, 0) is 18.8 Å². The molecular weight excluding hydrogens is 387 g/mol. The number of ether oxygens (including phenoxy) is 2. The van der Waals surface area contributed by atoms with Crippen molar-refractivity contribution in [1.29, 1.82) is 0 Å². The molecule has 0 bridgehead atoms. The largest absolute Gasteiger partial charge is 0.486 e. The highest BCUT2D eigenvalue weighted by atomic mass is 35.5. The molecule has 6 nitrogen and oxygen atoms in total. The highest BCUT2D eigenvalue weighted by molar-refractivity contribution is 7.89. The number of hydrogen-bond donors (Lipinski definition) is 2. The van der Waals surface area contributed by atoms with E-state index < -0.39 is 10.0 Å². The van der Waals surface area contributed by atoms with Crippen LogP contribution in [0, 0.1) is 5.92 Å². The first-order valence-corrected chi connectivity index (χ1v) is 10.2. The van der Waals surface area contributed by atoms with Gasteiger partial charge in [-0.15, -0.1) is 12.4 Å². The molecule has 1 heterocycles. The third-order valence-electron chi connectivity index (χ3n) is 4.67. The Morgan fingerprint density at radius 2 is 1.76 bits per heavy atom. The van der Waals surface area contributed by atoms with Crippen molar-refractivity contribution in [3.63, 3.8) is 0 Å². The lowest BCUT2D eigenvalue weighted by Gasteiger charge is -2.30. The van der Waals surface area contributed by atoms with Crippen LogP contribution in [0.3, 0.4) is 0 Å². The molecule has 1 aromatic rings. The zero-order chi connectivity index (χ0) is 17.2. The summed E-state index contributed by atoms with van der Waals surface area (Å²) in [6.07, 6.45) is 5.44. The van der Waals surface area contributed by atoms with Gasteiger partial charge in [0, 0.05) is 24.7 Å². The Morgan fingerprint density at radius 3 is 2.36 bits per heavy atom. The second kappa shape index (κ2) is 8.77. The quantitative estimate of drug-likeness (QED) is 0.778. The Balaban J connectivity index is 0.00000225. The molecule has 1 saturated carbocycles. The lowest BCUT2D eigenvalue weighted by molar-refractivity contribution is 0.171. The highest BCUT2D eigenvalue weighted by Gasteiger charge is 2.30. The summed E-state index contributed by atoms with van der Waals surface area (Å²) in [5.74, 6) is 1.13. The Kier molecular flexibility index (Phi) is 7.22. The van der Waals surface area contributed by atoms with Crippen molar-refractivity contribution in [3.05, 3.63) is 17.2 Å². The monoisotopic (exact) mass is 410 g/mol. The van der Waals surface area contributed by atoms with Gasteiger partial charge in [0.25, 0.3) is 0 Å². The van der Waals surface area contributed by atoms with Gasteiger partial charge < -0.3 is 15.2 Å². The molecule has 1 atom stereocenters. The molecule has 3 rings (SSSR count). The summed E-state index contributed by atoms with van der Waals surface area (Å²) < 4.78 is 39.2. The Bertz CT molecular complexity index is 694. The zero-order valence-corrected chi connectivity index (χ0v) is 16.3. The van der Waals surface area contributed by atoms with Crippen molar-refractivity contribution in [2.75, 3.05) is 19.8 Å². The normalized spacial score (nSPS) is 19.1. The first-order chi connectivity index (χ1) is 11.5. The minimum Gasteiger partial charge on any atom is -0.486 e. The molecule has 0 saturated heterocycles. The predicted molar refractivity (Wildman–Crippen MR) is 99.4 cm³/mol. The van der Waals surface area contributed by atoms with Gasteiger partial charge in [-0.25, -0.2) is 13.1 Å². The van der Waals surface area contributed by atoms with E-state index in [0.717, 1.165) is 25.7 Å². The molecule has 0 aromatic heterocycles. The number of hydrogen-bond acceptors (Lipinski definition) is 5. The Hall–Kier alpha value is -0.730. The first-order valence-electron chi connectivity index (χ1n) is 8.33. The van der Waals surface area contributed by atoms with Gasteiger partial charge in [0.05, 0.1) is 5.02 Å². The second-order valence-electron chi connectivity index (χ2n) is 6.29. The predicted octanol–water partition coefficient (Wildman–Crippen LogP) is 2.72. The van der Waals surface area contributed by atoms with E-state index in [1.54, 1.807) is 0 Å². The van der Waals surface area contributed by atoms with Crippen molar-refractivity contribution >= 4 is 34.0 Å². The lowest BCUT2D eigenvalue weighted by Crippen LogP contribution is -2.45. The van der Waals surface area contributed by atoms with E-state index in [4.69, 9.17) is 26.8 Å². The summed E-state index contributed by atoms with van der Waals surface area (Å²) in [6, 6.07) is 2.63. The van der Waals surface area contributed by atoms with E-state index in [9.17, 15) is 8.42 Å². The number of halogens is 2. The first kappa shape index (κ1) is 20.6. The molecule has 1 aliphatic carbocycles. The minimum absolute atomic E-state index is 0. The number of benzene rings is 1.